The van der Waals surface area contributed by atoms with Crippen molar-refractivity contribution in [3.63, 3.8) is 0 Å². The average Bonchev–Trinajstić information content (AvgIpc) is 3.31. The number of piperazine rings is 1. The third kappa shape index (κ3) is 5.78. The van der Waals surface area contributed by atoms with Crippen LogP contribution in [0.5, 0.6) is 11.5 Å². The minimum absolute atomic E-state index is 0.271. The average molecular weight is 418 g/mol. The Morgan fingerprint density at radius 1 is 1.07 bits per heavy atom. The number of amides is 1. The second-order valence-corrected chi connectivity index (χ2v) is 7.67. The topological polar surface area (TPSA) is 69.6 Å². The molecule has 2 fully saturated rings. The summed E-state index contributed by atoms with van der Waals surface area (Å²) in [6.45, 7) is 9.06. The Morgan fingerprint density at radius 2 is 1.80 bits per heavy atom. The second-order valence-electron chi connectivity index (χ2n) is 7.67. The lowest BCUT2D eigenvalue weighted by atomic mass is 10.2. The fourth-order valence-corrected chi connectivity index (χ4v) is 3.99. The SMILES string of the molecule is CCOc1cc(CNC(=NC)N2CCN(CC(=O)N3CCCC3)CC2)ccc1OC. The number of methoxy groups -OCH3 is 1. The van der Waals surface area contributed by atoms with Crippen LogP contribution in [0.2, 0.25) is 0 Å². The maximum atomic E-state index is 12.4. The molecular formula is C22H35N5O3. The van der Waals surface area contributed by atoms with Crippen LogP contribution in [0, 0.1) is 0 Å². The number of carbonyl (C=O) groups is 1. The standard InChI is InChI=1S/C22H35N5O3/c1-4-30-20-15-18(7-8-19(20)29-3)16-24-22(23-2)27-13-11-25(12-14-27)17-21(28)26-9-5-6-10-26/h7-8,15H,4-6,9-14,16-17H2,1-3H3,(H,23,24). The zero-order chi connectivity index (χ0) is 21.3. The van der Waals surface area contributed by atoms with Gasteiger partial charge in [0.15, 0.2) is 17.5 Å². The number of ether oxygens (including phenoxy) is 2. The molecule has 1 aromatic carbocycles. The predicted octanol–water partition coefficient (Wildman–Crippen LogP) is 1.41. The maximum Gasteiger partial charge on any atom is 0.236 e. The van der Waals surface area contributed by atoms with Crippen molar-refractivity contribution in [2.24, 2.45) is 4.99 Å². The Balaban J connectivity index is 1.48. The summed E-state index contributed by atoms with van der Waals surface area (Å²) in [5, 5.41) is 3.45. The number of guanidine groups is 1. The molecule has 2 saturated heterocycles. The van der Waals surface area contributed by atoms with Crippen molar-refractivity contribution in [1.29, 1.82) is 0 Å². The Kier molecular flexibility index (Phi) is 8.19. The zero-order valence-corrected chi connectivity index (χ0v) is 18.5. The van der Waals surface area contributed by atoms with E-state index in [-0.39, 0.29) is 5.91 Å². The van der Waals surface area contributed by atoms with Crippen LogP contribution in [0.15, 0.2) is 23.2 Å². The van der Waals surface area contributed by atoms with Crippen molar-refractivity contribution in [1.82, 2.24) is 20.0 Å². The van der Waals surface area contributed by atoms with Crippen molar-refractivity contribution < 1.29 is 14.3 Å². The summed E-state index contributed by atoms with van der Waals surface area (Å²) in [5.74, 6) is 2.65. The van der Waals surface area contributed by atoms with E-state index in [1.807, 2.05) is 37.1 Å². The monoisotopic (exact) mass is 417 g/mol. The summed E-state index contributed by atoms with van der Waals surface area (Å²) in [6, 6.07) is 5.97. The van der Waals surface area contributed by atoms with E-state index in [0.717, 1.165) is 75.1 Å². The molecule has 0 aliphatic carbocycles. The maximum absolute atomic E-state index is 12.4. The molecule has 8 nitrogen and oxygen atoms in total. The van der Waals surface area contributed by atoms with E-state index in [9.17, 15) is 4.79 Å². The molecule has 1 aromatic rings. The third-order valence-corrected chi connectivity index (χ3v) is 5.68. The summed E-state index contributed by atoms with van der Waals surface area (Å²) < 4.78 is 11.0. The van der Waals surface area contributed by atoms with Crippen LogP contribution in [-0.2, 0) is 11.3 Å². The Bertz CT molecular complexity index is 725. The van der Waals surface area contributed by atoms with E-state index in [0.29, 0.717) is 19.7 Å². The lowest BCUT2D eigenvalue weighted by Crippen LogP contribution is -2.54. The molecule has 0 spiro atoms. The van der Waals surface area contributed by atoms with Crippen LogP contribution in [0.25, 0.3) is 0 Å². The number of nitrogens with zero attached hydrogens (tertiary/aromatic N) is 4. The van der Waals surface area contributed by atoms with Crippen LogP contribution in [0.1, 0.15) is 25.3 Å². The van der Waals surface area contributed by atoms with Crippen molar-refractivity contribution in [3.05, 3.63) is 23.8 Å². The van der Waals surface area contributed by atoms with Crippen LogP contribution in [0.4, 0.5) is 0 Å². The highest BCUT2D eigenvalue weighted by Crippen LogP contribution is 2.28. The summed E-state index contributed by atoms with van der Waals surface area (Å²) in [5.41, 5.74) is 1.11. The first-order valence-electron chi connectivity index (χ1n) is 10.9. The Labute approximate surface area is 179 Å². The van der Waals surface area contributed by atoms with Crippen LogP contribution < -0.4 is 14.8 Å². The van der Waals surface area contributed by atoms with Gasteiger partial charge < -0.3 is 24.6 Å². The van der Waals surface area contributed by atoms with Gasteiger partial charge in [0.2, 0.25) is 5.91 Å². The normalized spacial score (nSPS) is 17.9. The lowest BCUT2D eigenvalue weighted by Gasteiger charge is -2.36. The highest BCUT2D eigenvalue weighted by molar-refractivity contribution is 5.80. The van der Waals surface area contributed by atoms with Gasteiger partial charge in [-0.15, -0.1) is 0 Å². The van der Waals surface area contributed by atoms with Gasteiger partial charge in [-0.25, -0.2) is 0 Å². The Morgan fingerprint density at radius 3 is 2.43 bits per heavy atom. The smallest absolute Gasteiger partial charge is 0.236 e. The van der Waals surface area contributed by atoms with E-state index in [4.69, 9.17) is 9.47 Å². The third-order valence-electron chi connectivity index (χ3n) is 5.68. The van der Waals surface area contributed by atoms with Gasteiger partial charge in [0.05, 0.1) is 20.3 Å². The molecule has 166 valence electrons. The van der Waals surface area contributed by atoms with Gasteiger partial charge in [0.1, 0.15) is 0 Å². The van der Waals surface area contributed by atoms with Crippen molar-refractivity contribution in [2.45, 2.75) is 26.3 Å². The molecule has 8 heteroatoms. The number of nitrogens with one attached hydrogen (secondary N) is 1. The first-order valence-corrected chi connectivity index (χ1v) is 10.9. The summed E-state index contributed by atoms with van der Waals surface area (Å²) in [7, 11) is 3.46. The van der Waals surface area contributed by atoms with Gasteiger partial charge in [-0.2, -0.15) is 0 Å². The quantitative estimate of drug-likeness (QED) is 0.534. The van der Waals surface area contributed by atoms with Crippen molar-refractivity contribution in [3.8, 4) is 11.5 Å². The molecule has 2 aliphatic heterocycles. The van der Waals surface area contributed by atoms with Crippen LogP contribution in [-0.4, -0.2) is 93.1 Å². The largest absolute Gasteiger partial charge is 0.493 e. The summed E-state index contributed by atoms with van der Waals surface area (Å²) >= 11 is 0. The Hall–Kier alpha value is -2.48. The van der Waals surface area contributed by atoms with Gasteiger partial charge in [0.25, 0.3) is 0 Å². The molecule has 0 saturated carbocycles. The van der Waals surface area contributed by atoms with Crippen LogP contribution >= 0.6 is 0 Å². The molecule has 30 heavy (non-hydrogen) atoms. The highest BCUT2D eigenvalue weighted by atomic mass is 16.5. The summed E-state index contributed by atoms with van der Waals surface area (Å²) in [4.78, 5) is 23.3. The number of carbonyl (C=O) groups excluding carboxylic acids is 1. The number of hydrogen-bond donors (Lipinski definition) is 1. The molecule has 2 heterocycles. The molecular weight excluding hydrogens is 382 g/mol. The first kappa shape index (κ1) is 22.2. The number of likely N-dealkylation sites (tertiary alicyclic amines) is 1. The fourth-order valence-electron chi connectivity index (χ4n) is 3.99. The molecule has 0 aromatic heterocycles. The molecule has 1 N–H and O–H groups in total. The predicted molar refractivity (Wildman–Crippen MR) is 118 cm³/mol. The number of rotatable bonds is 7. The highest BCUT2D eigenvalue weighted by Gasteiger charge is 2.24. The van der Waals surface area contributed by atoms with Gasteiger partial charge in [-0.05, 0) is 37.5 Å². The van der Waals surface area contributed by atoms with E-state index in [1.54, 1.807) is 7.11 Å². The minimum Gasteiger partial charge on any atom is -0.493 e. The molecule has 0 atom stereocenters. The number of benzene rings is 1. The number of aliphatic imine (C=N–C) groups is 1. The van der Waals surface area contributed by atoms with Gasteiger partial charge >= 0.3 is 0 Å². The second kappa shape index (κ2) is 11.1. The fraction of sp³-hybridized carbons (Fsp3) is 0.636. The molecule has 0 bridgehead atoms. The lowest BCUT2D eigenvalue weighted by molar-refractivity contribution is -0.131. The molecule has 1 amide bonds. The van der Waals surface area contributed by atoms with E-state index < -0.39 is 0 Å². The first-order chi connectivity index (χ1) is 14.6. The molecule has 2 aliphatic rings. The molecule has 0 unspecified atom stereocenters. The van der Waals surface area contributed by atoms with E-state index in [1.165, 1.54) is 0 Å². The zero-order valence-electron chi connectivity index (χ0n) is 18.5. The molecule has 0 radical (unpaired) electrons. The number of hydrogen-bond acceptors (Lipinski definition) is 5. The van der Waals surface area contributed by atoms with Gasteiger partial charge in [-0.1, -0.05) is 6.07 Å². The minimum atomic E-state index is 0.271. The molecule has 3 rings (SSSR count). The summed E-state index contributed by atoms with van der Waals surface area (Å²) in [6.07, 6.45) is 2.28. The van der Waals surface area contributed by atoms with E-state index >= 15 is 0 Å². The van der Waals surface area contributed by atoms with Crippen LogP contribution in [0.3, 0.4) is 0 Å². The van der Waals surface area contributed by atoms with Crippen molar-refractivity contribution >= 4 is 11.9 Å². The van der Waals surface area contributed by atoms with Gasteiger partial charge in [0, 0.05) is 52.9 Å². The van der Waals surface area contributed by atoms with E-state index in [2.05, 4.69) is 20.1 Å². The van der Waals surface area contributed by atoms with Crippen molar-refractivity contribution in [2.75, 3.05) is 66.6 Å². The van der Waals surface area contributed by atoms with Gasteiger partial charge in [-0.3, -0.25) is 14.7 Å².